The highest BCUT2D eigenvalue weighted by molar-refractivity contribution is 6.31. The average molecular weight is 399 g/mol. The number of tetrazole rings is 1. The predicted molar refractivity (Wildman–Crippen MR) is 103 cm³/mol. The molecule has 0 amide bonds. The van der Waals surface area contributed by atoms with Crippen molar-refractivity contribution in [3.63, 3.8) is 0 Å². The Hall–Kier alpha value is -3.53. The second-order valence-corrected chi connectivity index (χ2v) is 6.43. The summed E-state index contributed by atoms with van der Waals surface area (Å²) in [5.74, 6) is 0.873. The van der Waals surface area contributed by atoms with Crippen molar-refractivity contribution in [2.75, 3.05) is 12.4 Å². The largest absolute Gasteiger partial charge is 0.479 e. The number of nitrogens with one attached hydrogen (secondary N) is 2. The Kier molecular flexibility index (Phi) is 4.62. The molecule has 11 heteroatoms. The molecule has 4 rings (SSSR count). The van der Waals surface area contributed by atoms with E-state index in [1.807, 2.05) is 6.92 Å². The number of rotatable bonds is 5. The lowest BCUT2D eigenvalue weighted by atomic mass is 10.1. The minimum Gasteiger partial charge on any atom is -0.479 e. The SMILES string of the molecule is COc1nc(N[C@@H](C)c2cc3cc(Cl)cnc3[nH]c2=O)ccc1-n1cnnn1. The molecule has 1 atom stereocenters. The summed E-state index contributed by atoms with van der Waals surface area (Å²) in [6.07, 6.45) is 2.94. The summed E-state index contributed by atoms with van der Waals surface area (Å²) in [5.41, 5.74) is 1.37. The van der Waals surface area contributed by atoms with Crippen LogP contribution in [0.4, 0.5) is 5.82 Å². The molecule has 0 spiro atoms. The van der Waals surface area contributed by atoms with Gasteiger partial charge >= 0.3 is 0 Å². The van der Waals surface area contributed by atoms with Gasteiger partial charge in [0.1, 0.15) is 23.5 Å². The number of aromatic nitrogens is 7. The summed E-state index contributed by atoms with van der Waals surface area (Å²) in [4.78, 5) is 23.8. The lowest BCUT2D eigenvalue weighted by molar-refractivity contribution is 0.395. The topological polar surface area (TPSA) is 124 Å². The number of H-pyrrole nitrogens is 1. The normalized spacial score (nSPS) is 12.1. The fraction of sp³-hybridized carbons (Fsp3) is 0.176. The number of pyridine rings is 3. The van der Waals surface area contributed by atoms with Crippen molar-refractivity contribution >= 4 is 28.5 Å². The van der Waals surface area contributed by atoms with Gasteiger partial charge in [-0.2, -0.15) is 9.67 Å². The van der Waals surface area contributed by atoms with E-state index in [-0.39, 0.29) is 11.6 Å². The zero-order chi connectivity index (χ0) is 19.7. The second-order valence-electron chi connectivity index (χ2n) is 5.99. The van der Waals surface area contributed by atoms with Crippen LogP contribution in [0.1, 0.15) is 18.5 Å². The Bertz CT molecular complexity index is 1190. The third-order valence-corrected chi connectivity index (χ3v) is 4.36. The van der Waals surface area contributed by atoms with Crippen LogP contribution in [0, 0.1) is 0 Å². The van der Waals surface area contributed by atoms with Gasteiger partial charge in [-0.05, 0) is 41.6 Å². The number of halogens is 1. The summed E-state index contributed by atoms with van der Waals surface area (Å²) in [5, 5.41) is 15.5. The second kappa shape index (κ2) is 7.24. The zero-order valence-electron chi connectivity index (χ0n) is 14.9. The van der Waals surface area contributed by atoms with Gasteiger partial charge in [-0.25, -0.2) is 4.98 Å². The van der Waals surface area contributed by atoms with E-state index in [4.69, 9.17) is 16.3 Å². The van der Waals surface area contributed by atoms with Crippen molar-refractivity contribution in [1.29, 1.82) is 0 Å². The van der Waals surface area contributed by atoms with Gasteiger partial charge in [0, 0.05) is 17.1 Å². The number of anilines is 1. The molecule has 0 bridgehead atoms. The Labute approximate surface area is 163 Å². The van der Waals surface area contributed by atoms with Crippen LogP contribution in [0.2, 0.25) is 5.02 Å². The summed E-state index contributed by atoms with van der Waals surface area (Å²) in [7, 11) is 1.51. The zero-order valence-corrected chi connectivity index (χ0v) is 15.7. The van der Waals surface area contributed by atoms with Gasteiger partial charge in [0.15, 0.2) is 0 Å². The van der Waals surface area contributed by atoms with Gasteiger partial charge in [0.2, 0.25) is 5.88 Å². The quantitative estimate of drug-likeness (QED) is 0.524. The molecule has 142 valence electrons. The molecule has 2 N–H and O–H groups in total. The molecule has 4 heterocycles. The molecule has 28 heavy (non-hydrogen) atoms. The lowest BCUT2D eigenvalue weighted by Crippen LogP contribution is -2.20. The Balaban J connectivity index is 1.65. The van der Waals surface area contributed by atoms with Gasteiger partial charge < -0.3 is 15.0 Å². The number of ether oxygens (including phenoxy) is 1. The van der Waals surface area contributed by atoms with E-state index in [1.165, 1.54) is 24.3 Å². The first-order valence-electron chi connectivity index (χ1n) is 8.28. The molecule has 0 unspecified atom stereocenters. The summed E-state index contributed by atoms with van der Waals surface area (Å²) < 4.78 is 6.78. The van der Waals surface area contributed by atoms with Gasteiger partial charge in [-0.1, -0.05) is 11.6 Å². The highest BCUT2D eigenvalue weighted by atomic mass is 35.5. The number of hydrogen-bond donors (Lipinski definition) is 2. The molecule has 4 aromatic rings. The Morgan fingerprint density at radius 2 is 2.18 bits per heavy atom. The van der Waals surface area contributed by atoms with Crippen molar-refractivity contribution in [3.05, 3.63) is 57.7 Å². The minimum absolute atomic E-state index is 0.236. The van der Waals surface area contributed by atoms with Crippen molar-refractivity contribution < 1.29 is 4.74 Å². The number of nitrogens with zero attached hydrogens (tertiary/aromatic N) is 6. The van der Waals surface area contributed by atoms with Crippen molar-refractivity contribution in [3.8, 4) is 11.6 Å². The average Bonchev–Trinajstić information content (AvgIpc) is 3.22. The maximum absolute atomic E-state index is 12.4. The van der Waals surface area contributed by atoms with Crippen LogP contribution in [-0.2, 0) is 0 Å². The molecule has 4 aromatic heterocycles. The van der Waals surface area contributed by atoms with E-state index in [1.54, 1.807) is 24.3 Å². The van der Waals surface area contributed by atoms with E-state index in [9.17, 15) is 4.79 Å². The number of aromatic amines is 1. The molecule has 0 aliphatic heterocycles. The minimum atomic E-state index is -0.330. The Morgan fingerprint density at radius 1 is 1.32 bits per heavy atom. The first-order chi connectivity index (χ1) is 13.5. The summed E-state index contributed by atoms with van der Waals surface area (Å²) >= 11 is 6.00. The predicted octanol–water partition coefficient (Wildman–Crippen LogP) is 2.13. The molecule has 0 aliphatic carbocycles. The van der Waals surface area contributed by atoms with E-state index in [2.05, 4.69) is 35.8 Å². The molecule has 10 nitrogen and oxygen atoms in total. The van der Waals surface area contributed by atoms with Gasteiger partial charge in [0.05, 0.1) is 18.2 Å². The van der Waals surface area contributed by atoms with Gasteiger partial charge in [-0.15, -0.1) is 5.10 Å². The third kappa shape index (κ3) is 3.37. The number of methoxy groups -OCH3 is 1. The van der Waals surface area contributed by atoms with Crippen molar-refractivity contribution in [1.82, 2.24) is 35.2 Å². The maximum Gasteiger partial charge on any atom is 0.254 e. The highest BCUT2D eigenvalue weighted by Crippen LogP contribution is 2.24. The molecule has 0 saturated carbocycles. The third-order valence-electron chi connectivity index (χ3n) is 4.15. The maximum atomic E-state index is 12.4. The van der Waals surface area contributed by atoms with E-state index in [0.29, 0.717) is 33.6 Å². The van der Waals surface area contributed by atoms with Crippen LogP contribution < -0.4 is 15.6 Å². The lowest BCUT2D eigenvalue weighted by Gasteiger charge is -2.16. The fourth-order valence-electron chi connectivity index (χ4n) is 2.81. The van der Waals surface area contributed by atoms with Gasteiger partial charge in [0.25, 0.3) is 5.56 Å². The van der Waals surface area contributed by atoms with E-state index in [0.717, 1.165) is 5.39 Å². The monoisotopic (exact) mass is 398 g/mol. The number of fused-ring (bicyclic) bond motifs is 1. The highest BCUT2D eigenvalue weighted by Gasteiger charge is 2.15. The van der Waals surface area contributed by atoms with Crippen LogP contribution >= 0.6 is 11.6 Å². The summed E-state index contributed by atoms with van der Waals surface area (Å²) in [6, 6.07) is 6.70. The summed E-state index contributed by atoms with van der Waals surface area (Å²) in [6.45, 7) is 1.86. The smallest absolute Gasteiger partial charge is 0.254 e. The van der Waals surface area contributed by atoms with Crippen LogP contribution in [0.5, 0.6) is 5.88 Å². The molecular weight excluding hydrogens is 384 g/mol. The molecule has 0 fully saturated rings. The molecular formula is C17H15ClN8O2. The molecule has 0 aliphatic rings. The first-order valence-corrected chi connectivity index (χ1v) is 8.66. The van der Waals surface area contributed by atoms with Gasteiger partial charge in [-0.3, -0.25) is 4.79 Å². The molecule has 0 aromatic carbocycles. The van der Waals surface area contributed by atoms with Crippen LogP contribution in [0.25, 0.3) is 16.7 Å². The first kappa shape index (κ1) is 17.9. The standard InChI is InChI=1S/C17H15ClN8O2/c1-9(12-6-10-5-11(18)7-19-15(10)23-16(12)27)21-14-4-3-13(17(22-14)28-2)26-8-20-24-25-26/h3-9H,1-2H3,(H,21,22)(H,19,23,27)/t9-/m0/s1. The van der Waals surface area contributed by atoms with Crippen LogP contribution in [0.15, 0.2) is 41.6 Å². The Morgan fingerprint density at radius 3 is 2.93 bits per heavy atom. The molecule has 0 radical (unpaired) electrons. The van der Waals surface area contributed by atoms with E-state index < -0.39 is 0 Å². The van der Waals surface area contributed by atoms with E-state index >= 15 is 0 Å². The molecule has 0 saturated heterocycles. The number of hydrogen-bond acceptors (Lipinski definition) is 8. The van der Waals surface area contributed by atoms with Crippen LogP contribution in [-0.4, -0.2) is 42.3 Å². The fourth-order valence-corrected chi connectivity index (χ4v) is 2.98. The van der Waals surface area contributed by atoms with Crippen LogP contribution in [0.3, 0.4) is 0 Å². The van der Waals surface area contributed by atoms with Crippen molar-refractivity contribution in [2.24, 2.45) is 0 Å². The van der Waals surface area contributed by atoms with Crippen molar-refractivity contribution in [2.45, 2.75) is 13.0 Å².